The number of amides is 1. The average molecular weight is 420 g/mol. The molecule has 9 heteroatoms. The van der Waals surface area contributed by atoms with Gasteiger partial charge in [0.2, 0.25) is 0 Å². The molecule has 26 heavy (non-hydrogen) atoms. The lowest BCUT2D eigenvalue weighted by atomic mass is 10.1. The minimum absolute atomic E-state index is 0.0637. The van der Waals surface area contributed by atoms with Crippen molar-refractivity contribution >= 4 is 38.9 Å². The molecule has 2 aromatic rings. The van der Waals surface area contributed by atoms with Crippen molar-refractivity contribution in [2.45, 2.75) is 18.4 Å². The van der Waals surface area contributed by atoms with Crippen LogP contribution in [0.25, 0.3) is 0 Å². The van der Waals surface area contributed by atoms with Gasteiger partial charge < -0.3 is 10.1 Å². The van der Waals surface area contributed by atoms with E-state index in [-0.39, 0.29) is 33.5 Å². The molecule has 0 spiro atoms. The van der Waals surface area contributed by atoms with E-state index in [9.17, 15) is 17.6 Å². The molecule has 1 amide bonds. The van der Waals surface area contributed by atoms with Gasteiger partial charge in [-0.3, -0.25) is 4.79 Å². The van der Waals surface area contributed by atoms with Crippen LogP contribution in [0.4, 0.5) is 4.39 Å². The molecule has 0 heterocycles. The Labute approximate surface area is 161 Å². The minimum Gasteiger partial charge on any atom is -0.497 e. The number of carbonyl (C=O) groups excluding carboxylic acids is 1. The summed E-state index contributed by atoms with van der Waals surface area (Å²) in [5.41, 5.74) is -0.00150. The summed E-state index contributed by atoms with van der Waals surface area (Å²) in [4.78, 5) is 12.4. The molecular formula is C17H16Cl2FNO4S. The first-order chi connectivity index (χ1) is 12.2. The van der Waals surface area contributed by atoms with Crippen molar-refractivity contribution < 1.29 is 22.3 Å². The average Bonchev–Trinajstić information content (AvgIpc) is 2.61. The van der Waals surface area contributed by atoms with E-state index in [1.54, 1.807) is 0 Å². The maximum absolute atomic E-state index is 14.1. The Morgan fingerprint density at radius 2 is 1.92 bits per heavy atom. The Balaban J connectivity index is 2.31. The zero-order valence-corrected chi connectivity index (χ0v) is 16.3. The maximum atomic E-state index is 14.1. The maximum Gasteiger partial charge on any atom is 0.254 e. The molecule has 0 aliphatic carbocycles. The molecule has 2 rings (SSSR count). The Morgan fingerprint density at radius 1 is 1.23 bits per heavy atom. The van der Waals surface area contributed by atoms with Gasteiger partial charge in [-0.05, 0) is 29.8 Å². The van der Waals surface area contributed by atoms with Gasteiger partial charge in [-0.1, -0.05) is 30.1 Å². The summed E-state index contributed by atoms with van der Waals surface area (Å²) < 4.78 is 43.4. The highest BCUT2D eigenvalue weighted by molar-refractivity contribution is 7.91. The van der Waals surface area contributed by atoms with E-state index in [0.717, 1.165) is 0 Å². The SMILES string of the molecule is CCS(=O)(=O)c1ccc(Cl)cc1CNC(=O)c1cc(OC)cc(Cl)c1F. The van der Waals surface area contributed by atoms with Gasteiger partial charge >= 0.3 is 0 Å². The van der Waals surface area contributed by atoms with Gasteiger partial charge in [-0.15, -0.1) is 0 Å². The Bertz CT molecular complexity index is 948. The fraction of sp³-hybridized carbons (Fsp3) is 0.235. The lowest BCUT2D eigenvalue weighted by molar-refractivity contribution is 0.0946. The van der Waals surface area contributed by atoms with E-state index >= 15 is 0 Å². The van der Waals surface area contributed by atoms with Crippen molar-refractivity contribution in [3.8, 4) is 5.75 Å². The fourth-order valence-corrected chi connectivity index (χ4v) is 3.78. The lowest BCUT2D eigenvalue weighted by Crippen LogP contribution is -2.25. The molecular weight excluding hydrogens is 404 g/mol. The normalized spacial score (nSPS) is 11.3. The number of halogens is 3. The third-order valence-electron chi connectivity index (χ3n) is 3.66. The number of hydrogen-bond donors (Lipinski definition) is 1. The first kappa shape index (κ1) is 20.5. The van der Waals surface area contributed by atoms with E-state index in [4.69, 9.17) is 27.9 Å². The van der Waals surface area contributed by atoms with E-state index in [2.05, 4.69) is 5.32 Å². The van der Waals surface area contributed by atoms with E-state index in [1.165, 1.54) is 44.4 Å². The van der Waals surface area contributed by atoms with Crippen LogP contribution in [0.1, 0.15) is 22.8 Å². The van der Waals surface area contributed by atoms with Gasteiger partial charge in [0.15, 0.2) is 15.7 Å². The number of ether oxygens (including phenoxy) is 1. The smallest absolute Gasteiger partial charge is 0.254 e. The van der Waals surface area contributed by atoms with E-state index in [0.29, 0.717) is 10.6 Å². The third-order valence-corrected chi connectivity index (χ3v) is 6.00. The van der Waals surface area contributed by atoms with Crippen LogP contribution < -0.4 is 10.1 Å². The molecule has 2 aromatic carbocycles. The van der Waals surface area contributed by atoms with Crippen LogP contribution >= 0.6 is 23.2 Å². The van der Waals surface area contributed by atoms with Crippen molar-refractivity contribution in [3.63, 3.8) is 0 Å². The topological polar surface area (TPSA) is 72.5 Å². The molecule has 0 aliphatic rings. The standard InChI is InChI=1S/C17H16Cl2FNO4S/c1-3-26(23,24)15-5-4-11(18)6-10(15)9-21-17(22)13-7-12(25-2)8-14(19)16(13)20/h4-8H,3,9H2,1-2H3,(H,21,22). The van der Waals surface area contributed by atoms with Crippen LogP contribution in [-0.2, 0) is 16.4 Å². The summed E-state index contributed by atoms with van der Waals surface area (Å²) in [6.07, 6.45) is 0. The van der Waals surface area contributed by atoms with E-state index in [1.807, 2.05) is 0 Å². The molecule has 0 radical (unpaired) electrons. The molecule has 0 unspecified atom stereocenters. The number of hydrogen-bond acceptors (Lipinski definition) is 4. The molecule has 0 saturated carbocycles. The summed E-state index contributed by atoms with van der Waals surface area (Å²) in [5, 5.41) is 2.54. The summed E-state index contributed by atoms with van der Waals surface area (Å²) in [6.45, 7) is 1.36. The van der Waals surface area contributed by atoms with Crippen LogP contribution in [0.5, 0.6) is 5.75 Å². The van der Waals surface area contributed by atoms with Gasteiger partial charge in [0, 0.05) is 17.6 Å². The molecule has 0 saturated heterocycles. The van der Waals surface area contributed by atoms with Gasteiger partial charge in [0.25, 0.3) is 5.91 Å². The summed E-state index contributed by atoms with van der Waals surface area (Å²) in [5.74, 6) is -1.53. The number of nitrogens with one attached hydrogen (secondary N) is 1. The number of benzene rings is 2. The molecule has 140 valence electrons. The zero-order valence-electron chi connectivity index (χ0n) is 14.0. The third kappa shape index (κ3) is 4.47. The van der Waals surface area contributed by atoms with Crippen LogP contribution in [-0.4, -0.2) is 27.2 Å². The first-order valence-electron chi connectivity index (χ1n) is 7.52. The molecule has 0 aliphatic heterocycles. The molecule has 0 aromatic heterocycles. The van der Waals surface area contributed by atoms with Crippen molar-refractivity contribution in [1.82, 2.24) is 5.32 Å². The molecule has 0 bridgehead atoms. The summed E-state index contributed by atoms with van der Waals surface area (Å²) in [7, 11) is -2.15. The Kier molecular flexibility index (Phi) is 6.49. The molecule has 5 nitrogen and oxygen atoms in total. The van der Waals surface area contributed by atoms with Gasteiger partial charge in [-0.25, -0.2) is 12.8 Å². The predicted molar refractivity (Wildman–Crippen MR) is 98.3 cm³/mol. The zero-order chi connectivity index (χ0) is 19.5. The second kappa shape index (κ2) is 8.24. The number of carbonyl (C=O) groups is 1. The van der Waals surface area contributed by atoms with Crippen LogP contribution in [0.2, 0.25) is 10.0 Å². The van der Waals surface area contributed by atoms with Crippen LogP contribution in [0, 0.1) is 5.82 Å². The van der Waals surface area contributed by atoms with Gasteiger partial charge in [0.05, 0.1) is 28.3 Å². The highest BCUT2D eigenvalue weighted by atomic mass is 35.5. The minimum atomic E-state index is -3.51. The molecule has 1 N–H and O–H groups in total. The van der Waals surface area contributed by atoms with Gasteiger partial charge in [-0.2, -0.15) is 0 Å². The largest absolute Gasteiger partial charge is 0.497 e. The molecule has 0 atom stereocenters. The van der Waals surface area contributed by atoms with E-state index < -0.39 is 21.6 Å². The first-order valence-corrected chi connectivity index (χ1v) is 9.92. The van der Waals surface area contributed by atoms with Crippen molar-refractivity contribution in [2.24, 2.45) is 0 Å². The van der Waals surface area contributed by atoms with Crippen molar-refractivity contribution in [2.75, 3.05) is 12.9 Å². The fourth-order valence-electron chi connectivity index (χ4n) is 2.26. The monoisotopic (exact) mass is 419 g/mol. The van der Waals surface area contributed by atoms with Crippen LogP contribution in [0.15, 0.2) is 35.2 Å². The quantitative estimate of drug-likeness (QED) is 0.771. The predicted octanol–water partition coefficient (Wildman–Crippen LogP) is 3.86. The van der Waals surface area contributed by atoms with Crippen molar-refractivity contribution in [1.29, 1.82) is 0 Å². The lowest BCUT2D eigenvalue weighted by Gasteiger charge is -2.12. The summed E-state index contributed by atoms with van der Waals surface area (Å²) >= 11 is 11.7. The Morgan fingerprint density at radius 3 is 2.54 bits per heavy atom. The van der Waals surface area contributed by atoms with Crippen LogP contribution in [0.3, 0.4) is 0 Å². The van der Waals surface area contributed by atoms with Gasteiger partial charge in [0.1, 0.15) is 5.75 Å². The second-order valence-corrected chi connectivity index (χ2v) is 8.40. The number of sulfone groups is 1. The molecule has 0 fully saturated rings. The number of methoxy groups -OCH3 is 1. The summed E-state index contributed by atoms with van der Waals surface area (Å²) in [6, 6.07) is 6.73. The highest BCUT2D eigenvalue weighted by Gasteiger charge is 2.20. The number of rotatable bonds is 6. The highest BCUT2D eigenvalue weighted by Crippen LogP contribution is 2.26. The van der Waals surface area contributed by atoms with Crippen molar-refractivity contribution in [3.05, 3.63) is 57.3 Å². The Hall–Kier alpha value is -1.83. The second-order valence-electron chi connectivity index (χ2n) is 5.31.